The van der Waals surface area contributed by atoms with Gasteiger partial charge in [0.1, 0.15) is 12.2 Å². The first kappa shape index (κ1) is 22.6. The van der Waals surface area contributed by atoms with E-state index in [2.05, 4.69) is 19.2 Å². The molecule has 1 aromatic rings. The van der Waals surface area contributed by atoms with Crippen molar-refractivity contribution in [3.63, 3.8) is 0 Å². The molecule has 1 amide bonds. The number of alkyl carbamates (subject to hydrolysis) is 1. The van der Waals surface area contributed by atoms with Crippen LogP contribution in [-0.4, -0.2) is 44.5 Å². The molecule has 0 unspecified atom stereocenters. The molecule has 0 fully saturated rings. The van der Waals surface area contributed by atoms with Gasteiger partial charge in [0.15, 0.2) is 11.5 Å². The van der Waals surface area contributed by atoms with Crippen LogP contribution in [-0.2, 0) is 9.47 Å². The van der Waals surface area contributed by atoms with Gasteiger partial charge in [-0.05, 0) is 51.3 Å². The summed E-state index contributed by atoms with van der Waals surface area (Å²) in [5.41, 5.74) is -0.226. The smallest absolute Gasteiger partial charge is 0.407 e. The molecule has 0 saturated heterocycles. The Hall–Kier alpha value is -2.44. The van der Waals surface area contributed by atoms with Crippen molar-refractivity contribution in [3.05, 3.63) is 23.8 Å². The first-order valence-corrected chi connectivity index (χ1v) is 9.07. The second-order valence-electron chi connectivity index (χ2n) is 7.46. The Balaban J connectivity index is 2.49. The number of hydrogen-bond acceptors (Lipinski definition) is 6. The van der Waals surface area contributed by atoms with E-state index in [-0.39, 0.29) is 13.2 Å². The summed E-state index contributed by atoms with van der Waals surface area (Å²) in [6.45, 7) is 10.3. The number of carbonyl (C=O) groups excluding carboxylic acids is 2. The lowest BCUT2D eigenvalue weighted by Crippen LogP contribution is -2.34. The fourth-order valence-electron chi connectivity index (χ4n) is 2.01. The van der Waals surface area contributed by atoms with E-state index in [1.54, 1.807) is 39.0 Å². The van der Waals surface area contributed by atoms with E-state index in [1.165, 1.54) is 7.11 Å². The summed E-state index contributed by atoms with van der Waals surface area (Å²) in [4.78, 5) is 23.7. The SMILES string of the molecule is COc1cc(C(=O)OCCNC(=O)OC(C)(C)C)ccc1OCCC(C)C. The van der Waals surface area contributed by atoms with Crippen LogP contribution in [0.5, 0.6) is 11.5 Å². The summed E-state index contributed by atoms with van der Waals surface area (Å²) in [5.74, 6) is 1.09. The lowest BCUT2D eigenvalue weighted by Gasteiger charge is -2.19. The van der Waals surface area contributed by atoms with Crippen molar-refractivity contribution in [2.45, 2.75) is 46.6 Å². The Morgan fingerprint density at radius 3 is 2.41 bits per heavy atom. The highest BCUT2D eigenvalue weighted by molar-refractivity contribution is 5.90. The lowest BCUT2D eigenvalue weighted by molar-refractivity contribution is 0.0433. The van der Waals surface area contributed by atoms with Crippen molar-refractivity contribution in [2.24, 2.45) is 5.92 Å². The van der Waals surface area contributed by atoms with Crippen LogP contribution >= 0.6 is 0 Å². The van der Waals surface area contributed by atoms with Gasteiger partial charge in [0.25, 0.3) is 0 Å². The van der Waals surface area contributed by atoms with E-state index in [9.17, 15) is 9.59 Å². The molecule has 152 valence electrons. The maximum atomic E-state index is 12.1. The van der Waals surface area contributed by atoms with Crippen LogP contribution in [0.2, 0.25) is 0 Å². The molecule has 1 rings (SSSR count). The molecule has 0 aliphatic carbocycles. The van der Waals surface area contributed by atoms with Crippen LogP contribution in [0.1, 0.15) is 51.4 Å². The number of amides is 1. The van der Waals surface area contributed by atoms with E-state index < -0.39 is 17.7 Å². The lowest BCUT2D eigenvalue weighted by atomic mass is 10.1. The van der Waals surface area contributed by atoms with Crippen molar-refractivity contribution in [2.75, 3.05) is 26.9 Å². The Bertz CT molecular complexity index is 621. The van der Waals surface area contributed by atoms with Gasteiger partial charge >= 0.3 is 12.1 Å². The van der Waals surface area contributed by atoms with Crippen molar-refractivity contribution < 1.29 is 28.5 Å². The van der Waals surface area contributed by atoms with Crippen LogP contribution < -0.4 is 14.8 Å². The summed E-state index contributed by atoms with van der Waals surface area (Å²) in [6, 6.07) is 4.89. The van der Waals surface area contributed by atoms with Gasteiger partial charge in [-0.15, -0.1) is 0 Å². The van der Waals surface area contributed by atoms with Crippen LogP contribution in [0.3, 0.4) is 0 Å². The molecule has 7 nitrogen and oxygen atoms in total. The third-order valence-corrected chi connectivity index (χ3v) is 3.36. The maximum Gasteiger partial charge on any atom is 0.407 e. The molecule has 0 aliphatic heterocycles. The standard InChI is InChI=1S/C20H31NO6/c1-14(2)9-11-25-16-8-7-15(13-17(16)24-6)18(22)26-12-10-21-19(23)27-20(3,4)5/h7-8,13-14H,9-12H2,1-6H3,(H,21,23). The molecule has 0 atom stereocenters. The maximum absolute atomic E-state index is 12.1. The summed E-state index contributed by atoms with van der Waals surface area (Å²) in [6.07, 6.45) is 0.376. The van der Waals surface area contributed by atoms with Gasteiger partial charge < -0.3 is 24.3 Å². The first-order chi connectivity index (χ1) is 12.6. The molecule has 1 aromatic carbocycles. The van der Waals surface area contributed by atoms with E-state index in [4.69, 9.17) is 18.9 Å². The molecule has 0 bridgehead atoms. The van der Waals surface area contributed by atoms with Crippen LogP contribution in [0.25, 0.3) is 0 Å². The first-order valence-electron chi connectivity index (χ1n) is 9.07. The van der Waals surface area contributed by atoms with Crippen molar-refractivity contribution >= 4 is 12.1 Å². The number of hydrogen-bond donors (Lipinski definition) is 1. The molecule has 0 heterocycles. The number of rotatable bonds is 9. The molecule has 0 spiro atoms. The molecular formula is C20H31NO6. The molecule has 0 aromatic heterocycles. The quantitative estimate of drug-likeness (QED) is 0.517. The topological polar surface area (TPSA) is 83.1 Å². The molecule has 0 saturated carbocycles. The van der Waals surface area contributed by atoms with E-state index in [0.717, 1.165) is 6.42 Å². The summed E-state index contributed by atoms with van der Waals surface area (Å²) in [7, 11) is 1.52. The number of ether oxygens (including phenoxy) is 4. The van der Waals surface area contributed by atoms with Gasteiger partial charge in [-0.1, -0.05) is 13.8 Å². The normalized spacial score (nSPS) is 11.1. The minimum Gasteiger partial charge on any atom is -0.493 e. The Morgan fingerprint density at radius 1 is 1.11 bits per heavy atom. The summed E-state index contributed by atoms with van der Waals surface area (Å²) >= 11 is 0. The van der Waals surface area contributed by atoms with Crippen LogP contribution in [0.15, 0.2) is 18.2 Å². The molecule has 0 radical (unpaired) electrons. The predicted octanol–water partition coefficient (Wildman–Crippen LogP) is 3.80. The predicted molar refractivity (Wildman–Crippen MR) is 102 cm³/mol. The highest BCUT2D eigenvalue weighted by atomic mass is 16.6. The highest BCUT2D eigenvalue weighted by Crippen LogP contribution is 2.28. The Kier molecular flexibility index (Phi) is 8.91. The Labute approximate surface area is 161 Å². The van der Waals surface area contributed by atoms with Gasteiger partial charge in [0, 0.05) is 0 Å². The van der Waals surface area contributed by atoms with E-state index >= 15 is 0 Å². The van der Waals surface area contributed by atoms with Gasteiger partial charge in [-0.25, -0.2) is 9.59 Å². The fraction of sp³-hybridized carbons (Fsp3) is 0.600. The molecule has 27 heavy (non-hydrogen) atoms. The van der Waals surface area contributed by atoms with Crippen molar-refractivity contribution in [1.29, 1.82) is 0 Å². The fourth-order valence-corrected chi connectivity index (χ4v) is 2.01. The van der Waals surface area contributed by atoms with E-state index in [0.29, 0.717) is 29.6 Å². The zero-order chi connectivity index (χ0) is 20.4. The van der Waals surface area contributed by atoms with Gasteiger partial charge in [0.2, 0.25) is 0 Å². The Morgan fingerprint density at radius 2 is 1.81 bits per heavy atom. The number of carbonyl (C=O) groups is 2. The van der Waals surface area contributed by atoms with Gasteiger partial charge in [-0.2, -0.15) is 0 Å². The molecular weight excluding hydrogens is 350 g/mol. The molecule has 7 heteroatoms. The minimum atomic E-state index is -0.573. The van der Waals surface area contributed by atoms with Crippen LogP contribution in [0, 0.1) is 5.92 Å². The molecule has 0 aliphatic rings. The number of esters is 1. The molecule has 1 N–H and O–H groups in total. The number of methoxy groups -OCH3 is 1. The highest BCUT2D eigenvalue weighted by Gasteiger charge is 2.16. The summed E-state index contributed by atoms with van der Waals surface area (Å²) in [5, 5.41) is 2.53. The second kappa shape index (κ2) is 10.6. The average molecular weight is 381 g/mol. The van der Waals surface area contributed by atoms with Crippen molar-refractivity contribution in [3.8, 4) is 11.5 Å². The van der Waals surface area contributed by atoms with Gasteiger partial charge in [-0.3, -0.25) is 0 Å². The van der Waals surface area contributed by atoms with E-state index in [1.807, 2.05) is 0 Å². The third kappa shape index (κ3) is 9.17. The minimum absolute atomic E-state index is 0.0348. The van der Waals surface area contributed by atoms with Crippen LogP contribution in [0.4, 0.5) is 4.79 Å². The summed E-state index contributed by atoms with van der Waals surface area (Å²) < 4.78 is 21.2. The van der Waals surface area contributed by atoms with Crippen molar-refractivity contribution in [1.82, 2.24) is 5.32 Å². The zero-order valence-corrected chi connectivity index (χ0v) is 17.1. The zero-order valence-electron chi connectivity index (χ0n) is 17.1. The average Bonchev–Trinajstić information content (AvgIpc) is 2.56. The monoisotopic (exact) mass is 381 g/mol. The largest absolute Gasteiger partial charge is 0.493 e. The number of benzene rings is 1. The van der Waals surface area contributed by atoms with Gasteiger partial charge in [0.05, 0.1) is 25.8 Å². The third-order valence-electron chi connectivity index (χ3n) is 3.36. The second-order valence-corrected chi connectivity index (χ2v) is 7.46. The number of nitrogens with one attached hydrogen (secondary N) is 1.